The number of hydrogen-bond donors (Lipinski definition) is 1. The summed E-state index contributed by atoms with van der Waals surface area (Å²) in [5.74, 6) is 0.110. The summed E-state index contributed by atoms with van der Waals surface area (Å²) in [5, 5.41) is 2.64. The van der Waals surface area contributed by atoms with Crippen LogP contribution < -0.4 is 5.32 Å². The van der Waals surface area contributed by atoms with E-state index < -0.39 is 0 Å². The normalized spacial score (nSPS) is 10.5. The van der Waals surface area contributed by atoms with Crippen LogP contribution >= 0.6 is 0 Å². The molecule has 0 aliphatic carbocycles. The van der Waals surface area contributed by atoms with E-state index in [9.17, 15) is 4.79 Å². The fraction of sp³-hybridized carbons (Fsp3) is 0.900. The van der Waals surface area contributed by atoms with E-state index in [2.05, 4.69) is 24.1 Å². The number of carbonyl (C=O) groups is 1. The zero-order valence-electron chi connectivity index (χ0n) is 9.10. The van der Waals surface area contributed by atoms with Crippen LogP contribution in [-0.2, 0) is 4.79 Å². The van der Waals surface area contributed by atoms with Crippen molar-refractivity contribution in [1.29, 1.82) is 0 Å². The van der Waals surface area contributed by atoms with Crippen molar-refractivity contribution in [2.45, 2.75) is 33.1 Å². The molecule has 0 aromatic heterocycles. The van der Waals surface area contributed by atoms with Gasteiger partial charge in [-0.05, 0) is 19.5 Å². The van der Waals surface area contributed by atoms with Crippen molar-refractivity contribution < 1.29 is 4.79 Å². The molecule has 0 aromatic carbocycles. The van der Waals surface area contributed by atoms with E-state index in [0.717, 1.165) is 13.1 Å². The van der Waals surface area contributed by atoms with Gasteiger partial charge in [0, 0.05) is 7.05 Å². The Bertz CT molecular complexity index is 137. The summed E-state index contributed by atoms with van der Waals surface area (Å²) >= 11 is 0. The quantitative estimate of drug-likeness (QED) is 0.607. The molecule has 0 spiro atoms. The molecule has 0 atom stereocenters. The predicted octanol–water partition coefficient (Wildman–Crippen LogP) is 1.24. The zero-order chi connectivity index (χ0) is 10.1. The monoisotopic (exact) mass is 186 g/mol. The maximum atomic E-state index is 11.1. The first-order valence-corrected chi connectivity index (χ1v) is 5.17. The molecule has 0 aliphatic rings. The molecule has 78 valence electrons. The standard InChI is InChI=1S/C10H22N2O/c1-4-6-7-8-12(5-2)9-10(13)11-3/h4-9H2,1-3H3,(H,11,13). The molecule has 0 radical (unpaired) electrons. The Morgan fingerprint density at radius 1 is 1.31 bits per heavy atom. The van der Waals surface area contributed by atoms with Gasteiger partial charge in [-0.3, -0.25) is 9.69 Å². The molecule has 0 aromatic rings. The first kappa shape index (κ1) is 12.4. The van der Waals surface area contributed by atoms with Gasteiger partial charge in [0.15, 0.2) is 0 Å². The SMILES string of the molecule is CCCCCN(CC)CC(=O)NC. The van der Waals surface area contributed by atoms with E-state index in [1.807, 2.05) is 0 Å². The highest BCUT2D eigenvalue weighted by atomic mass is 16.1. The van der Waals surface area contributed by atoms with E-state index in [4.69, 9.17) is 0 Å². The van der Waals surface area contributed by atoms with Crippen molar-refractivity contribution >= 4 is 5.91 Å². The molecule has 13 heavy (non-hydrogen) atoms. The molecule has 0 saturated heterocycles. The van der Waals surface area contributed by atoms with Gasteiger partial charge in [-0.2, -0.15) is 0 Å². The number of amides is 1. The van der Waals surface area contributed by atoms with E-state index in [1.54, 1.807) is 7.05 Å². The number of unbranched alkanes of at least 4 members (excludes halogenated alkanes) is 2. The zero-order valence-corrected chi connectivity index (χ0v) is 9.10. The fourth-order valence-electron chi connectivity index (χ4n) is 1.22. The van der Waals surface area contributed by atoms with Crippen molar-refractivity contribution in [3.63, 3.8) is 0 Å². The van der Waals surface area contributed by atoms with Crippen LogP contribution in [0, 0.1) is 0 Å². The summed E-state index contributed by atoms with van der Waals surface area (Å²) in [7, 11) is 1.68. The van der Waals surface area contributed by atoms with Crippen LogP contribution in [0.15, 0.2) is 0 Å². The molecule has 1 N–H and O–H groups in total. The number of hydrogen-bond acceptors (Lipinski definition) is 2. The summed E-state index contributed by atoms with van der Waals surface area (Å²) in [5.41, 5.74) is 0. The van der Waals surface area contributed by atoms with Crippen molar-refractivity contribution in [3.8, 4) is 0 Å². The lowest BCUT2D eigenvalue weighted by atomic mass is 10.2. The highest BCUT2D eigenvalue weighted by molar-refractivity contribution is 5.77. The molecule has 0 rings (SSSR count). The van der Waals surface area contributed by atoms with Gasteiger partial charge < -0.3 is 5.32 Å². The molecule has 0 bridgehead atoms. The third-order valence-electron chi connectivity index (χ3n) is 2.17. The maximum absolute atomic E-state index is 11.1. The number of nitrogens with one attached hydrogen (secondary N) is 1. The first-order valence-electron chi connectivity index (χ1n) is 5.17. The summed E-state index contributed by atoms with van der Waals surface area (Å²) in [6, 6.07) is 0. The number of nitrogens with zero attached hydrogens (tertiary/aromatic N) is 1. The van der Waals surface area contributed by atoms with E-state index in [0.29, 0.717) is 6.54 Å². The second-order valence-corrected chi connectivity index (χ2v) is 3.25. The van der Waals surface area contributed by atoms with Crippen LogP contribution in [-0.4, -0.2) is 37.5 Å². The highest BCUT2D eigenvalue weighted by Gasteiger charge is 2.05. The smallest absolute Gasteiger partial charge is 0.233 e. The summed E-state index contributed by atoms with van der Waals surface area (Å²) in [4.78, 5) is 13.2. The van der Waals surface area contributed by atoms with Crippen molar-refractivity contribution in [1.82, 2.24) is 10.2 Å². The molecule has 0 aliphatic heterocycles. The van der Waals surface area contributed by atoms with Crippen LogP contribution in [0.2, 0.25) is 0 Å². The van der Waals surface area contributed by atoms with Crippen molar-refractivity contribution in [2.75, 3.05) is 26.7 Å². The van der Waals surface area contributed by atoms with Gasteiger partial charge in [0.05, 0.1) is 6.54 Å². The van der Waals surface area contributed by atoms with Gasteiger partial charge in [0.2, 0.25) is 5.91 Å². The molecule has 0 heterocycles. The predicted molar refractivity (Wildman–Crippen MR) is 55.7 cm³/mol. The average Bonchev–Trinajstić information content (AvgIpc) is 2.16. The van der Waals surface area contributed by atoms with Crippen molar-refractivity contribution in [2.24, 2.45) is 0 Å². The van der Waals surface area contributed by atoms with Gasteiger partial charge in [-0.25, -0.2) is 0 Å². The Morgan fingerprint density at radius 2 is 2.00 bits per heavy atom. The fourth-order valence-corrected chi connectivity index (χ4v) is 1.22. The minimum atomic E-state index is 0.110. The van der Waals surface area contributed by atoms with Gasteiger partial charge in [0.1, 0.15) is 0 Å². The van der Waals surface area contributed by atoms with Gasteiger partial charge in [-0.15, -0.1) is 0 Å². The second kappa shape index (κ2) is 8.05. The number of rotatable bonds is 7. The Kier molecular flexibility index (Phi) is 7.69. The lowest BCUT2D eigenvalue weighted by molar-refractivity contribution is -0.121. The van der Waals surface area contributed by atoms with E-state index in [-0.39, 0.29) is 5.91 Å². The van der Waals surface area contributed by atoms with Crippen LogP contribution in [0.4, 0.5) is 0 Å². The Labute approximate surface area is 81.5 Å². The number of carbonyl (C=O) groups excluding carboxylic acids is 1. The minimum Gasteiger partial charge on any atom is -0.358 e. The molecule has 3 heteroatoms. The Hall–Kier alpha value is -0.570. The van der Waals surface area contributed by atoms with E-state index >= 15 is 0 Å². The Balaban J connectivity index is 3.56. The lowest BCUT2D eigenvalue weighted by Crippen LogP contribution is -2.36. The largest absolute Gasteiger partial charge is 0.358 e. The average molecular weight is 186 g/mol. The molecule has 0 saturated carbocycles. The third kappa shape index (κ3) is 6.58. The summed E-state index contributed by atoms with van der Waals surface area (Å²) in [6.07, 6.45) is 3.68. The molecular weight excluding hydrogens is 164 g/mol. The van der Waals surface area contributed by atoms with Crippen LogP contribution in [0.3, 0.4) is 0 Å². The summed E-state index contributed by atoms with van der Waals surface area (Å²) < 4.78 is 0. The minimum absolute atomic E-state index is 0.110. The molecular formula is C10H22N2O. The van der Waals surface area contributed by atoms with Gasteiger partial charge in [-0.1, -0.05) is 26.7 Å². The topological polar surface area (TPSA) is 32.3 Å². The summed E-state index contributed by atoms with van der Waals surface area (Å²) in [6.45, 7) is 6.82. The molecule has 3 nitrogen and oxygen atoms in total. The second-order valence-electron chi connectivity index (χ2n) is 3.25. The van der Waals surface area contributed by atoms with Crippen LogP contribution in [0.25, 0.3) is 0 Å². The maximum Gasteiger partial charge on any atom is 0.233 e. The molecule has 1 amide bonds. The Morgan fingerprint density at radius 3 is 2.46 bits per heavy atom. The van der Waals surface area contributed by atoms with Gasteiger partial charge >= 0.3 is 0 Å². The van der Waals surface area contributed by atoms with Crippen LogP contribution in [0.5, 0.6) is 0 Å². The van der Waals surface area contributed by atoms with Gasteiger partial charge in [0.25, 0.3) is 0 Å². The molecule has 0 unspecified atom stereocenters. The van der Waals surface area contributed by atoms with Crippen molar-refractivity contribution in [3.05, 3.63) is 0 Å². The highest BCUT2D eigenvalue weighted by Crippen LogP contribution is 1.97. The van der Waals surface area contributed by atoms with Crippen LogP contribution in [0.1, 0.15) is 33.1 Å². The first-order chi connectivity index (χ1) is 6.24. The number of likely N-dealkylation sites (N-methyl/N-ethyl adjacent to an activating group) is 2. The van der Waals surface area contributed by atoms with E-state index in [1.165, 1.54) is 19.3 Å². The third-order valence-corrected chi connectivity index (χ3v) is 2.17. The molecule has 0 fully saturated rings. The lowest BCUT2D eigenvalue weighted by Gasteiger charge is -2.18.